The van der Waals surface area contributed by atoms with Gasteiger partial charge in [0.2, 0.25) is 11.8 Å². The van der Waals surface area contributed by atoms with E-state index >= 15 is 0 Å². The van der Waals surface area contributed by atoms with Crippen LogP contribution in [0.25, 0.3) is 0 Å². The molecule has 1 heterocycles. The summed E-state index contributed by atoms with van der Waals surface area (Å²) in [7, 11) is 2.13. The summed E-state index contributed by atoms with van der Waals surface area (Å²) in [6.45, 7) is 4.69. The lowest BCUT2D eigenvalue weighted by molar-refractivity contribution is -0.126. The van der Waals surface area contributed by atoms with E-state index in [-0.39, 0.29) is 18.2 Å². The van der Waals surface area contributed by atoms with Crippen molar-refractivity contribution in [3.8, 4) is 0 Å². The number of amides is 2. The minimum atomic E-state index is -0.294. The quantitative estimate of drug-likeness (QED) is 0.533. The lowest BCUT2D eigenvalue weighted by Gasteiger charge is -2.34. The molecule has 0 unspecified atom stereocenters. The zero-order valence-electron chi connectivity index (χ0n) is 17.1. The predicted octanol–water partition coefficient (Wildman–Crippen LogP) is 2.52. The van der Waals surface area contributed by atoms with E-state index in [1.807, 2.05) is 42.5 Å². The van der Waals surface area contributed by atoms with E-state index in [1.165, 1.54) is 5.56 Å². The first-order valence-electron chi connectivity index (χ1n) is 10.2. The Balaban J connectivity index is 1.35. The molecule has 6 heteroatoms. The number of aryl methyl sites for hydroxylation is 1. The molecule has 2 aromatic rings. The van der Waals surface area contributed by atoms with Gasteiger partial charge in [-0.05, 0) is 49.7 Å². The van der Waals surface area contributed by atoms with Crippen molar-refractivity contribution in [2.24, 2.45) is 0 Å². The van der Waals surface area contributed by atoms with Crippen molar-refractivity contribution in [2.45, 2.75) is 19.3 Å². The number of carbonyl (C=O) groups is 2. The fourth-order valence-electron chi connectivity index (χ4n) is 3.40. The van der Waals surface area contributed by atoms with Gasteiger partial charge in [0.15, 0.2) is 0 Å². The van der Waals surface area contributed by atoms with Crippen LogP contribution in [0.4, 0.5) is 11.4 Å². The average molecular weight is 395 g/mol. The number of anilines is 2. The van der Waals surface area contributed by atoms with Crippen LogP contribution in [-0.2, 0) is 16.0 Å². The molecule has 2 amide bonds. The first-order chi connectivity index (χ1) is 14.1. The molecule has 0 aromatic heterocycles. The first kappa shape index (κ1) is 20.9. The Labute approximate surface area is 172 Å². The third-order valence-electron chi connectivity index (χ3n) is 5.15. The number of rotatable bonds is 8. The van der Waals surface area contributed by atoms with Crippen molar-refractivity contribution >= 4 is 23.2 Å². The summed E-state index contributed by atoms with van der Waals surface area (Å²) in [5, 5.41) is 5.61. The zero-order chi connectivity index (χ0) is 20.5. The fraction of sp³-hybridized carbons (Fsp3) is 0.391. The molecule has 2 aromatic carbocycles. The SMILES string of the molecule is CN1CCN(c2ccc(NC(=O)CC(=O)NCCCc3ccccc3)cc2)CC1. The summed E-state index contributed by atoms with van der Waals surface area (Å²) in [5.74, 6) is -0.539. The number of carbonyl (C=O) groups excluding carboxylic acids is 2. The van der Waals surface area contributed by atoms with E-state index in [0.717, 1.165) is 44.7 Å². The Morgan fingerprint density at radius 1 is 0.897 bits per heavy atom. The van der Waals surface area contributed by atoms with Gasteiger partial charge in [-0.15, -0.1) is 0 Å². The highest BCUT2D eigenvalue weighted by Gasteiger charge is 2.14. The van der Waals surface area contributed by atoms with E-state index in [0.29, 0.717) is 12.2 Å². The molecule has 0 aliphatic carbocycles. The van der Waals surface area contributed by atoms with Crippen LogP contribution in [0, 0.1) is 0 Å². The van der Waals surface area contributed by atoms with Gasteiger partial charge >= 0.3 is 0 Å². The topological polar surface area (TPSA) is 64.7 Å². The maximum atomic E-state index is 12.1. The van der Waals surface area contributed by atoms with Crippen LogP contribution in [0.1, 0.15) is 18.4 Å². The van der Waals surface area contributed by atoms with Gasteiger partial charge in [-0.1, -0.05) is 30.3 Å². The van der Waals surface area contributed by atoms with Crippen molar-refractivity contribution in [2.75, 3.05) is 50.0 Å². The number of benzene rings is 2. The number of hydrogen-bond acceptors (Lipinski definition) is 4. The van der Waals surface area contributed by atoms with Gasteiger partial charge in [-0.3, -0.25) is 9.59 Å². The van der Waals surface area contributed by atoms with Crippen LogP contribution in [-0.4, -0.2) is 56.5 Å². The summed E-state index contributed by atoms with van der Waals surface area (Å²) < 4.78 is 0. The molecular weight excluding hydrogens is 364 g/mol. The molecule has 3 rings (SSSR count). The summed E-state index contributed by atoms with van der Waals surface area (Å²) in [5.41, 5.74) is 3.12. The first-order valence-corrected chi connectivity index (χ1v) is 10.2. The Bertz CT molecular complexity index is 784. The molecule has 0 radical (unpaired) electrons. The number of hydrogen-bond donors (Lipinski definition) is 2. The number of piperazine rings is 1. The van der Waals surface area contributed by atoms with Crippen molar-refractivity contribution < 1.29 is 9.59 Å². The van der Waals surface area contributed by atoms with E-state index in [9.17, 15) is 9.59 Å². The van der Waals surface area contributed by atoms with Gasteiger partial charge < -0.3 is 20.4 Å². The van der Waals surface area contributed by atoms with Gasteiger partial charge in [-0.2, -0.15) is 0 Å². The summed E-state index contributed by atoms with van der Waals surface area (Å²) >= 11 is 0. The monoisotopic (exact) mass is 394 g/mol. The Morgan fingerprint density at radius 2 is 1.59 bits per heavy atom. The second-order valence-electron chi connectivity index (χ2n) is 7.50. The van der Waals surface area contributed by atoms with Gasteiger partial charge in [0, 0.05) is 44.1 Å². The lowest BCUT2D eigenvalue weighted by Crippen LogP contribution is -2.44. The highest BCUT2D eigenvalue weighted by molar-refractivity contribution is 6.03. The molecule has 154 valence electrons. The molecular formula is C23H30N4O2. The zero-order valence-corrected chi connectivity index (χ0v) is 17.1. The molecule has 0 saturated carbocycles. The third-order valence-corrected chi connectivity index (χ3v) is 5.15. The predicted molar refractivity (Wildman–Crippen MR) is 117 cm³/mol. The van der Waals surface area contributed by atoms with Gasteiger partial charge in [-0.25, -0.2) is 0 Å². The summed E-state index contributed by atoms with van der Waals surface area (Å²) in [6.07, 6.45) is 1.60. The normalized spacial score (nSPS) is 14.4. The number of likely N-dealkylation sites (N-methyl/N-ethyl adjacent to an activating group) is 1. The smallest absolute Gasteiger partial charge is 0.233 e. The summed E-state index contributed by atoms with van der Waals surface area (Å²) in [4.78, 5) is 28.7. The Kier molecular flexibility index (Phi) is 7.64. The molecule has 29 heavy (non-hydrogen) atoms. The molecule has 6 nitrogen and oxygen atoms in total. The van der Waals surface area contributed by atoms with Crippen molar-refractivity contribution in [3.05, 3.63) is 60.2 Å². The highest BCUT2D eigenvalue weighted by Crippen LogP contribution is 2.19. The molecule has 2 N–H and O–H groups in total. The highest BCUT2D eigenvalue weighted by atomic mass is 16.2. The van der Waals surface area contributed by atoms with Crippen LogP contribution in [0.2, 0.25) is 0 Å². The van der Waals surface area contributed by atoms with Gasteiger partial charge in [0.1, 0.15) is 6.42 Å². The fourth-order valence-corrected chi connectivity index (χ4v) is 3.40. The minimum Gasteiger partial charge on any atom is -0.369 e. The van der Waals surface area contributed by atoms with Crippen LogP contribution < -0.4 is 15.5 Å². The van der Waals surface area contributed by atoms with Crippen molar-refractivity contribution in [1.82, 2.24) is 10.2 Å². The van der Waals surface area contributed by atoms with E-state index in [1.54, 1.807) is 0 Å². The van der Waals surface area contributed by atoms with Crippen LogP contribution in [0.5, 0.6) is 0 Å². The van der Waals surface area contributed by atoms with Gasteiger partial charge in [0.25, 0.3) is 0 Å². The van der Waals surface area contributed by atoms with Crippen LogP contribution in [0.3, 0.4) is 0 Å². The maximum absolute atomic E-state index is 12.1. The third kappa shape index (κ3) is 6.91. The number of nitrogens with one attached hydrogen (secondary N) is 2. The molecule has 0 spiro atoms. The molecule has 1 saturated heterocycles. The molecule has 0 bridgehead atoms. The number of nitrogens with zero attached hydrogens (tertiary/aromatic N) is 2. The molecule has 1 aliphatic heterocycles. The van der Waals surface area contributed by atoms with Crippen molar-refractivity contribution in [3.63, 3.8) is 0 Å². The Hall–Kier alpha value is -2.86. The molecule has 1 fully saturated rings. The van der Waals surface area contributed by atoms with E-state index < -0.39 is 0 Å². The van der Waals surface area contributed by atoms with E-state index in [4.69, 9.17) is 0 Å². The second kappa shape index (κ2) is 10.6. The second-order valence-corrected chi connectivity index (χ2v) is 7.50. The van der Waals surface area contributed by atoms with Crippen molar-refractivity contribution in [1.29, 1.82) is 0 Å². The van der Waals surface area contributed by atoms with Crippen LogP contribution in [0.15, 0.2) is 54.6 Å². The van der Waals surface area contributed by atoms with Gasteiger partial charge in [0.05, 0.1) is 0 Å². The largest absolute Gasteiger partial charge is 0.369 e. The molecule has 0 atom stereocenters. The van der Waals surface area contributed by atoms with Crippen LogP contribution >= 0.6 is 0 Å². The standard InChI is InChI=1S/C23H30N4O2/c1-26-14-16-27(17-15-26)21-11-9-20(10-12-21)25-23(29)18-22(28)24-13-5-8-19-6-3-2-4-7-19/h2-4,6-7,9-12H,5,8,13-18H2,1H3,(H,24,28)(H,25,29). The molecule has 1 aliphatic rings. The summed E-state index contributed by atoms with van der Waals surface area (Å²) in [6, 6.07) is 18.0. The Morgan fingerprint density at radius 3 is 2.28 bits per heavy atom. The maximum Gasteiger partial charge on any atom is 0.233 e. The van der Waals surface area contributed by atoms with E-state index in [2.05, 4.69) is 39.6 Å². The minimum absolute atomic E-state index is 0.161. The lowest BCUT2D eigenvalue weighted by atomic mass is 10.1. The average Bonchev–Trinajstić information content (AvgIpc) is 2.73.